The van der Waals surface area contributed by atoms with Crippen LogP contribution in [0.1, 0.15) is 30.6 Å². The van der Waals surface area contributed by atoms with Crippen molar-refractivity contribution in [3.8, 4) is 0 Å². The molecule has 2 rings (SSSR count). The van der Waals surface area contributed by atoms with E-state index in [1.165, 1.54) is 0 Å². The monoisotopic (exact) mass is 204 g/mol. The van der Waals surface area contributed by atoms with Crippen molar-refractivity contribution >= 4 is 11.6 Å². The minimum absolute atomic E-state index is 0.0660. The number of para-hydroxylation sites is 1. The zero-order chi connectivity index (χ0) is 11.1. The molecule has 1 atom stereocenters. The normalized spacial score (nSPS) is 22.1. The number of hydrogen-bond acceptors (Lipinski definition) is 2. The summed E-state index contributed by atoms with van der Waals surface area (Å²) in [5.41, 5.74) is 7.08. The Labute approximate surface area is 89.7 Å². The predicted octanol–water partition coefficient (Wildman–Crippen LogP) is 1.80. The van der Waals surface area contributed by atoms with E-state index in [1.807, 2.05) is 12.1 Å². The SMILES string of the molecule is CC1(C)CC1NC(=O)c1ccccc1N. The van der Waals surface area contributed by atoms with E-state index in [-0.39, 0.29) is 11.3 Å². The number of anilines is 1. The predicted molar refractivity (Wildman–Crippen MR) is 60.5 cm³/mol. The second-order valence-corrected chi connectivity index (χ2v) is 4.81. The Morgan fingerprint density at radius 1 is 1.47 bits per heavy atom. The Balaban J connectivity index is 2.06. The highest BCUT2D eigenvalue weighted by Crippen LogP contribution is 2.44. The van der Waals surface area contributed by atoms with Crippen molar-refractivity contribution in [1.82, 2.24) is 5.32 Å². The summed E-state index contributed by atoms with van der Waals surface area (Å²) >= 11 is 0. The van der Waals surface area contributed by atoms with Crippen molar-refractivity contribution in [2.45, 2.75) is 26.3 Å². The number of benzene rings is 1. The average Bonchev–Trinajstić information content (AvgIpc) is 2.74. The van der Waals surface area contributed by atoms with Gasteiger partial charge in [0.15, 0.2) is 0 Å². The number of rotatable bonds is 2. The van der Waals surface area contributed by atoms with Gasteiger partial charge in [-0.1, -0.05) is 26.0 Å². The number of nitrogen functional groups attached to an aromatic ring is 1. The molecule has 80 valence electrons. The first-order valence-electron chi connectivity index (χ1n) is 5.16. The van der Waals surface area contributed by atoms with Gasteiger partial charge in [0.2, 0.25) is 0 Å². The zero-order valence-electron chi connectivity index (χ0n) is 9.08. The summed E-state index contributed by atoms with van der Waals surface area (Å²) in [6.45, 7) is 4.29. The quantitative estimate of drug-likeness (QED) is 0.722. The van der Waals surface area contributed by atoms with Gasteiger partial charge in [-0.15, -0.1) is 0 Å². The first-order valence-corrected chi connectivity index (χ1v) is 5.16. The van der Waals surface area contributed by atoms with Crippen molar-refractivity contribution in [2.24, 2.45) is 5.41 Å². The van der Waals surface area contributed by atoms with E-state index >= 15 is 0 Å². The molecule has 0 heterocycles. The van der Waals surface area contributed by atoms with Crippen LogP contribution in [0.15, 0.2) is 24.3 Å². The molecule has 0 radical (unpaired) electrons. The third-order valence-electron chi connectivity index (χ3n) is 3.02. The van der Waals surface area contributed by atoms with Gasteiger partial charge in [0, 0.05) is 11.7 Å². The molecule has 1 aromatic carbocycles. The van der Waals surface area contributed by atoms with Crippen LogP contribution in [-0.4, -0.2) is 11.9 Å². The van der Waals surface area contributed by atoms with Crippen LogP contribution in [0.3, 0.4) is 0 Å². The van der Waals surface area contributed by atoms with Crippen molar-refractivity contribution in [3.63, 3.8) is 0 Å². The lowest BCUT2D eigenvalue weighted by Crippen LogP contribution is -2.28. The Morgan fingerprint density at radius 3 is 2.60 bits per heavy atom. The molecule has 1 aromatic rings. The highest BCUT2D eigenvalue weighted by molar-refractivity contribution is 5.99. The number of carbonyl (C=O) groups is 1. The highest BCUT2D eigenvalue weighted by atomic mass is 16.1. The van der Waals surface area contributed by atoms with E-state index in [1.54, 1.807) is 12.1 Å². The lowest BCUT2D eigenvalue weighted by atomic mass is 10.1. The van der Waals surface area contributed by atoms with Crippen LogP contribution in [0.25, 0.3) is 0 Å². The fourth-order valence-electron chi connectivity index (χ4n) is 1.65. The van der Waals surface area contributed by atoms with E-state index in [0.29, 0.717) is 17.3 Å². The summed E-state index contributed by atoms with van der Waals surface area (Å²) in [6, 6.07) is 7.44. The van der Waals surface area contributed by atoms with E-state index in [4.69, 9.17) is 5.73 Å². The third-order valence-corrected chi connectivity index (χ3v) is 3.02. The van der Waals surface area contributed by atoms with Gasteiger partial charge >= 0.3 is 0 Å². The van der Waals surface area contributed by atoms with Crippen molar-refractivity contribution < 1.29 is 4.79 Å². The second-order valence-electron chi connectivity index (χ2n) is 4.81. The number of nitrogens with one attached hydrogen (secondary N) is 1. The maximum absolute atomic E-state index is 11.8. The Morgan fingerprint density at radius 2 is 2.07 bits per heavy atom. The van der Waals surface area contributed by atoms with Gasteiger partial charge in [-0.3, -0.25) is 4.79 Å². The molecule has 3 nitrogen and oxygen atoms in total. The van der Waals surface area contributed by atoms with Gasteiger partial charge in [-0.05, 0) is 24.0 Å². The maximum Gasteiger partial charge on any atom is 0.253 e. The molecule has 3 heteroatoms. The fraction of sp³-hybridized carbons (Fsp3) is 0.417. The number of hydrogen-bond donors (Lipinski definition) is 2. The molecule has 1 fully saturated rings. The lowest BCUT2D eigenvalue weighted by molar-refractivity contribution is 0.0947. The molecular weight excluding hydrogens is 188 g/mol. The molecule has 1 aliphatic rings. The van der Waals surface area contributed by atoms with Gasteiger partial charge < -0.3 is 11.1 Å². The third kappa shape index (κ3) is 1.96. The van der Waals surface area contributed by atoms with Crippen LogP contribution in [-0.2, 0) is 0 Å². The molecule has 1 aliphatic carbocycles. The molecular formula is C12H16N2O. The van der Waals surface area contributed by atoms with Gasteiger partial charge in [0.05, 0.1) is 5.56 Å². The van der Waals surface area contributed by atoms with Gasteiger partial charge in [-0.25, -0.2) is 0 Å². The summed E-state index contributed by atoms with van der Waals surface area (Å²) in [6.07, 6.45) is 1.05. The van der Waals surface area contributed by atoms with Crippen LogP contribution < -0.4 is 11.1 Å². The number of nitrogens with two attached hydrogens (primary N) is 1. The largest absolute Gasteiger partial charge is 0.398 e. The van der Waals surface area contributed by atoms with Crippen LogP contribution >= 0.6 is 0 Å². The summed E-state index contributed by atoms with van der Waals surface area (Å²) < 4.78 is 0. The molecule has 0 spiro atoms. The molecule has 1 saturated carbocycles. The first kappa shape index (κ1) is 10.0. The van der Waals surface area contributed by atoms with Crippen LogP contribution in [0.2, 0.25) is 0 Å². The molecule has 1 unspecified atom stereocenters. The lowest BCUT2D eigenvalue weighted by Gasteiger charge is -2.08. The van der Waals surface area contributed by atoms with Crippen molar-refractivity contribution in [3.05, 3.63) is 29.8 Å². The summed E-state index contributed by atoms with van der Waals surface area (Å²) in [7, 11) is 0. The van der Waals surface area contributed by atoms with E-state index in [9.17, 15) is 4.79 Å². The molecule has 0 aromatic heterocycles. The van der Waals surface area contributed by atoms with Gasteiger partial charge in [-0.2, -0.15) is 0 Å². The topological polar surface area (TPSA) is 55.1 Å². The molecule has 0 bridgehead atoms. The second kappa shape index (κ2) is 3.26. The number of carbonyl (C=O) groups excluding carboxylic acids is 1. The van der Waals surface area contributed by atoms with Crippen molar-refractivity contribution in [1.29, 1.82) is 0 Å². The summed E-state index contributed by atoms with van der Waals surface area (Å²) in [5.74, 6) is -0.0660. The molecule has 3 N–H and O–H groups in total. The van der Waals surface area contributed by atoms with E-state index < -0.39 is 0 Å². The summed E-state index contributed by atoms with van der Waals surface area (Å²) in [5, 5.41) is 2.98. The van der Waals surface area contributed by atoms with E-state index in [0.717, 1.165) is 6.42 Å². The Hall–Kier alpha value is -1.51. The van der Waals surface area contributed by atoms with Gasteiger partial charge in [0.25, 0.3) is 5.91 Å². The minimum atomic E-state index is -0.0660. The fourth-order valence-corrected chi connectivity index (χ4v) is 1.65. The average molecular weight is 204 g/mol. The van der Waals surface area contributed by atoms with E-state index in [2.05, 4.69) is 19.2 Å². The van der Waals surface area contributed by atoms with Crippen LogP contribution in [0.5, 0.6) is 0 Å². The Kier molecular flexibility index (Phi) is 2.18. The molecule has 0 saturated heterocycles. The summed E-state index contributed by atoms with van der Waals surface area (Å²) in [4.78, 5) is 11.8. The molecule has 1 amide bonds. The standard InChI is InChI=1S/C12H16N2O/c1-12(2)7-10(12)14-11(15)8-5-3-4-6-9(8)13/h3-6,10H,7,13H2,1-2H3,(H,14,15). The molecule has 0 aliphatic heterocycles. The van der Waals surface area contributed by atoms with Crippen LogP contribution in [0.4, 0.5) is 5.69 Å². The zero-order valence-corrected chi connectivity index (χ0v) is 9.08. The first-order chi connectivity index (χ1) is 7.00. The highest BCUT2D eigenvalue weighted by Gasteiger charge is 2.46. The maximum atomic E-state index is 11.8. The van der Waals surface area contributed by atoms with Crippen molar-refractivity contribution in [2.75, 3.05) is 5.73 Å². The molecule has 15 heavy (non-hydrogen) atoms. The smallest absolute Gasteiger partial charge is 0.253 e. The van der Waals surface area contributed by atoms with Gasteiger partial charge in [0.1, 0.15) is 0 Å². The minimum Gasteiger partial charge on any atom is -0.398 e. The van der Waals surface area contributed by atoms with Crippen LogP contribution in [0, 0.1) is 5.41 Å². The Bertz CT molecular complexity index is 398. The number of amides is 1.